The fraction of sp³-hybridized carbons (Fsp3) is 0.300. The maximum Gasteiger partial charge on any atom is 0.397 e. The summed E-state index contributed by atoms with van der Waals surface area (Å²) < 4.78 is 11.3. The van der Waals surface area contributed by atoms with E-state index < -0.39 is 5.63 Å². The molecule has 3 aromatic rings. The molecule has 0 N–H and O–H groups in total. The highest BCUT2D eigenvalue weighted by Gasteiger charge is 2.18. The second-order valence-electron chi connectivity index (χ2n) is 6.38. The monoisotopic (exact) mass is 323 g/mol. The van der Waals surface area contributed by atoms with E-state index in [0.29, 0.717) is 16.8 Å². The average Bonchev–Trinajstić information content (AvgIpc) is 2.54. The summed E-state index contributed by atoms with van der Waals surface area (Å²) in [5.74, 6) is 0.435. The summed E-state index contributed by atoms with van der Waals surface area (Å²) in [4.78, 5) is 16.7. The van der Waals surface area contributed by atoms with E-state index in [0.717, 1.165) is 17.5 Å². The van der Waals surface area contributed by atoms with Gasteiger partial charge in [-0.15, -0.1) is 0 Å². The van der Waals surface area contributed by atoms with Crippen molar-refractivity contribution in [3.05, 3.63) is 70.1 Å². The van der Waals surface area contributed by atoms with Crippen molar-refractivity contribution in [1.29, 1.82) is 0 Å². The molecule has 124 valence electrons. The number of rotatable bonds is 5. The van der Waals surface area contributed by atoms with E-state index in [1.807, 2.05) is 49.4 Å². The summed E-state index contributed by atoms with van der Waals surface area (Å²) in [7, 11) is 0. The van der Waals surface area contributed by atoms with Crippen LogP contribution in [-0.2, 0) is 0 Å². The van der Waals surface area contributed by atoms with Gasteiger partial charge < -0.3 is 9.15 Å². The Morgan fingerprint density at radius 3 is 2.54 bits per heavy atom. The van der Waals surface area contributed by atoms with Crippen LogP contribution in [0.3, 0.4) is 0 Å². The molecule has 0 saturated carbocycles. The highest BCUT2D eigenvalue weighted by molar-refractivity contribution is 5.80. The number of aryl methyl sites for hydroxylation is 1. The number of nitrogens with zero attached hydrogens (tertiary/aromatic N) is 1. The van der Waals surface area contributed by atoms with Gasteiger partial charge >= 0.3 is 11.7 Å². The van der Waals surface area contributed by atoms with Crippen molar-refractivity contribution in [2.45, 2.75) is 33.3 Å². The Labute approximate surface area is 141 Å². The van der Waals surface area contributed by atoms with Gasteiger partial charge in [-0.1, -0.05) is 56.3 Å². The molecule has 0 spiro atoms. The van der Waals surface area contributed by atoms with E-state index in [1.54, 1.807) is 6.07 Å². The summed E-state index contributed by atoms with van der Waals surface area (Å²) in [6.45, 7) is 6.13. The molecule has 1 atom stereocenters. The molecule has 0 aliphatic carbocycles. The highest BCUT2D eigenvalue weighted by atomic mass is 16.6. The molecule has 2 aromatic carbocycles. The first kappa shape index (κ1) is 16.2. The smallest absolute Gasteiger partial charge is 0.397 e. The molecule has 0 bridgehead atoms. The quantitative estimate of drug-likeness (QED) is 0.685. The Hall–Kier alpha value is -2.62. The van der Waals surface area contributed by atoms with Crippen LogP contribution in [0, 0.1) is 12.8 Å². The molecule has 0 saturated heterocycles. The second kappa shape index (κ2) is 6.87. The number of aromatic nitrogens is 1. The standard InChI is InChI=1S/C20H21NO3/c1-13(2)12-17(15-9-5-4-6-10-15)23-20-21-16-11-7-8-14(3)18(16)19(22)24-20/h4-11,13,17H,12H2,1-3H3. The van der Waals surface area contributed by atoms with Gasteiger partial charge in [0.1, 0.15) is 6.10 Å². The topological polar surface area (TPSA) is 52.3 Å². The molecule has 24 heavy (non-hydrogen) atoms. The fourth-order valence-electron chi connectivity index (χ4n) is 2.78. The van der Waals surface area contributed by atoms with E-state index in [-0.39, 0.29) is 12.2 Å². The normalized spacial score (nSPS) is 12.5. The Morgan fingerprint density at radius 2 is 1.83 bits per heavy atom. The first-order valence-corrected chi connectivity index (χ1v) is 8.16. The lowest BCUT2D eigenvalue weighted by Gasteiger charge is -2.19. The van der Waals surface area contributed by atoms with Crippen LogP contribution >= 0.6 is 0 Å². The van der Waals surface area contributed by atoms with E-state index in [9.17, 15) is 4.79 Å². The van der Waals surface area contributed by atoms with Crippen LogP contribution in [0.4, 0.5) is 0 Å². The van der Waals surface area contributed by atoms with Crippen molar-refractivity contribution in [1.82, 2.24) is 4.98 Å². The van der Waals surface area contributed by atoms with Crippen LogP contribution in [0.15, 0.2) is 57.7 Å². The molecule has 0 aliphatic rings. The third-order valence-corrected chi connectivity index (χ3v) is 3.95. The number of hydrogen-bond acceptors (Lipinski definition) is 4. The minimum absolute atomic E-state index is 0.0209. The Balaban J connectivity index is 1.98. The zero-order chi connectivity index (χ0) is 17.1. The molecule has 0 amide bonds. The second-order valence-corrected chi connectivity index (χ2v) is 6.38. The van der Waals surface area contributed by atoms with E-state index in [1.165, 1.54) is 0 Å². The summed E-state index contributed by atoms with van der Waals surface area (Å²) >= 11 is 0. The minimum Gasteiger partial charge on any atom is -0.442 e. The van der Waals surface area contributed by atoms with Crippen LogP contribution in [0.1, 0.15) is 37.5 Å². The first-order valence-electron chi connectivity index (χ1n) is 8.16. The zero-order valence-corrected chi connectivity index (χ0v) is 14.2. The maximum atomic E-state index is 12.3. The summed E-state index contributed by atoms with van der Waals surface area (Å²) in [5, 5.41) is 0.505. The van der Waals surface area contributed by atoms with Crippen LogP contribution in [0.2, 0.25) is 0 Å². The van der Waals surface area contributed by atoms with E-state index >= 15 is 0 Å². The number of ether oxygens (including phenoxy) is 1. The van der Waals surface area contributed by atoms with Gasteiger partial charge in [0.25, 0.3) is 0 Å². The van der Waals surface area contributed by atoms with Gasteiger partial charge in [-0.3, -0.25) is 0 Å². The molecular formula is C20H21NO3. The van der Waals surface area contributed by atoms with Gasteiger partial charge in [-0.2, -0.15) is 4.98 Å². The van der Waals surface area contributed by atoms with Crippen LogP contribution < -0.4 is 10.4 Å². The molecule has 1 aromatic heterocycles. The molecule has 3 rings (SSSR count). The van der Waals surface area contributed by atoms with Crippen molar-refractivity contribution in [3.63, 3.8) is 0 Å². The SMILES string of the molecule is Cc1cccc2nc(OC(CC(C)C)c3ccccc3)oc(=O)c12. The Bertz CT molecular complexity index is 884. The predicted octanol–water partition coefficient (Wildman–Crippen LogP) is 4.66. The third kappa shape index (κ3) is 3.48. The largest absolute Gasteiger partial charge is 0.442 e. The van der Waals surface area contributed by atoms with Crippen molar-refractivity contribution in [3.8, 4) is 6.08 Å². The average molecular weight is 323 g/mol. The first-order chi connectivity index (χ1) is 11.5. The lowest BCUT2D eigenvalue weighted by atomic mass is 9.99. The molecule has 1 heterocycles. The molecule has 4 heteroatoms. The zero-order valence-electron chi connectivity index (χ0n) is 14.2. The summed E-state index contributed by atoms with van der Waals surface area (Å²) in [5.41, 5.74) is 2.07. The lowest BCUT2D eigenvalue weighted by molar-refractivity contribution is 0.121. The van der Waals surface area contributed by atoms with Crippen LogP contribution in [-0.4, -0.2) is 4.98 Å². The fourth-order valence-corrected chi connectivity index (χ4v) is 2.78. The van der Waals surface area contributed by atoms with Gasteiger partial charge in [0.05, 0.1) is 10.9 Å². The molecule has 0 fully saturated rings. The molecule has 0 radical (unpaired) electrons. The van der Waals surface area contributed by atoms with Crippen molar-refractivity contribution in [2.75, 3.05) is 0 Å². The lowest BCUT2D eigenvalue weighted by Crippen LogP contribution is -2.13. The van der Waals surface area contributed by atoms with Gasteiger partial charge in [0.2, 0.25) is 0 Å². The van der Waals surface area contributed by atoms with E-state index in [2.05, 4.69) is 18.8 Å². The number of benzene rings is 2. The van der Waals surface area contributed by atoms with Crippen LogP contribution in [0.5, 0.6) is 6.08 Å². The number of hydrogen-bond donors (Lipinski definition) is 0. The van der Waals surface area contributed by atoms with Gasteiger partial charge in [0, 0.05) is 0 Å². The van der Waals surface area contributed by atoms with Crippen LogP contribution in [0.25, 0.3) is 10.9 Å². The molecule has 1 unspecified atom stereocenters. The van der Waals surface area contributed by atoms with Gasteiger partial charge in [0.15, 0.2) is 0 Å². The van der Waals surface area contributed by atoms with Crippen molar-refractivity contribution < 1.29 is 9.15 Å². The summed E-state index contributed by atoms with van der Waals surface area (Å²) in [6, 6.07) is 15.5. The Morgan fingerprint density at radius 1 is 1.08 bits per heavy atom. The highest BCUT2D eigenvalue weighted by Crippen LogP contribution is 2.27. The maximum absolute atomic E-state index is 12.3. The predicted molar refractivity (Wildman–Crippen MR) is 94.3 cm³/mol. The number of fused-ring (bicyclic) bond motifs is 1. The third-order valence-electron chi connectivity index (χ3n) is 3.95. The summed E-state index contributed by atoms with van der Waals surface area (Å²) in [6.07, 6.45) is 0.623. The van der Waals surface area contributed by atoms with Crippen molar-refractivity contribution >= 4 is 10.9 Å². The Kier molecular flexibility index (Phi) is 4.65. The molecule has 4 nitrogen and oxygen atoms in total. The van der Waals surface area contributed by atoms with Gasteiger partial charge in [-0.25, -0.2) is 4.79 Å². The molecular weight excluding hydrogens is 302 g/mol. The minimum atomic E-state index is -0.413. The molecule has 0 aliphatic heterocycles. The van der Waals surface area contributed by atoms with Gasteiger partial charge in [-0.05, 0) is 36.5 Å². The van der Waals surface area contributed by atoms with E-state index in [4.69, 9.17) is 9.15 Å². The van der Waals surface area contributed by atoms with Crippen molar-refractivity contribution in [2.24, 2.45) is 5.92 Å².